The van der Waals surface area contributed by atoms with Gasteiger partial charge in [-0.05, 0) is 49.1 Å². The Morgan fingerprint density at radius 3 is 2.52 bits per heavy atom. The Morgan fingerprint density at radius 1 is 1.17 bits per heavy atom. The van der Waals surface area contributed by atoms with Crippen molar-refractivity contribution in [1.29, 1.82) is 0 Å². The summed E-state index contributed by atoms with van der Waals surface area (Å²) in [5, 5.41) is 5.96. The molecule has 3 rings (SSSR count). The molecular formula is C22H24ClN3O3. The van der Waals surface area contributed by atoms with Gasteiger partial charge in [0.2, 0.25) is 5.91 Å². The van der Waals surface area contributed by atoms with E-state index in [9.17, 15) is 14.4 Å². The summed E-state index contributed by atoms with van der Waals surface area (Å²) in [6.07, 6.45) is 1.98. The van der Waals surface area contributed by atoms with Crippen molar-refractivity contribution < 1.29 is 14.4 Å². The van der Waals surface area contributed by atoms with E-state index in [1.165, 1.54) is 5.56 Å². The number of hydrogen-bond acceptors (Lipinski definition) is 3. The van der Waals surface area contributed by atoms with Gasteiger partial charge in [0.15, 0.2) is 0 Å². The Balaban J connectivity index is 1.74. The fraction of sp³-hybridized carbons (Fsp3) is 0.318. The van der Waals surface area contributed by atoms with Crippen molar-refractivity contribution in [2.24, 2.45) is 0 Å². The van der Waals surface area contributed by atoms with Crippen LogP contribution in [0.25, 0.3) is 0 Å². The zero-order valence-electron chi connectivity index (χ0n) is 16.7. The molecule has 0 aliphatic carbocycles. The number of amides is 4. The van der Waals surface area contributed by atoms with E-state index in [1.54, 1.807) is 32.0 Å². The van der Waals surface area contributed by atoms with Crippen molar-refractivity contribution >= 4 is 35.1 Å². The highest BCUT2D eigenvalue weighted by molar-refractivity contribution is 6.31. The lowest BCUT2D eigenvalue weighted by atomic mass is 9.91. The van der Waals surface area contributed by atoms with Gasteiger partial charge in [0.05, 0.1) is 0 Å². The second-order valence-corrected chi connectivity index (χ2v) is 7.76. The van der Waals surface area contributed by atoms with Crippen LogP contribution in [0, 0.1) is 6.92 Å². The number of aryl methyl sites for hydroxylation is 1. The molecule has 29 heavy (non-hydrogen) atoms. The van der Waals surface area contributed by atoms with Crippen LogP contribution in [0.2, 0.25) is 5.02 Å². The zero-order valence-corrected chi connectivity index (χ0v) is 17.5. The minimum atomic E-state index is -1.20. The number of anilines is 1. The normalized spacial score (nSPS) is 18.7. The predicted octanol–water partition coefficient (Wildman–Crippen LogP) is 4.01. The van der Waals surface area contributed by atoms with Gasteiger partial charge in [0, 0.05) is 10.7 Å². The van der Waals surface area contributed by atoms with E-state index in [2.05, 4.69) is 17.6 Å². The van der Waals surface area contributed by atoms with Gasteiger partial charge in [0.25, 0.3) is 5.91 Å². The lowest BCUT2D eigenvalue weighted by Gasteiger charge is -2.22. The van der Waals surface area contributed by atoms with Crippen molar-refractivity contribution in [2.75, 3.05) is 11.9 Å². The molecular weight excluding hydrogens is 390 g/mol. The van der Waals surface area contributed by atoms with E-state index in [0.717, 1.165) is 23.3 Å². The van der Waals surface area contributed by atoms with E-state index >= 15 is 0 Å². The van der Waals surface area contributed by atoms with Gasteiger partial charge < -0.3 is 10.6 Å². The van der Waals surface area contributed by atoms with Crippen molar-refractivity contribution in [3.8, 4) is 0 Å². The highest BCUT2D eigenvalue weighted by atomic mass is 35.5. The largest absolute Gasteiger partial charge is 0.325 e. The number of imide groups is 1. The maximum Gasteiger partial charge on any atom is 0.325 e. The summed E-state index contributed by atoms with van der Waals surface area (Å²) in [4.78, 5) is 38.8. The van der Waals surface area contributed by atoms with Crippen LogP contribution in [0.3, 0.4) is 0 Å². The van der Waals surface area contributed by atoms with Gasteiger partial charge in [-0.25, -0.2) is 4.79 Å². The minimum absolute atomic E-state index is 0.375. The van der Waals surface area contributed by atoms with Crippen LogP contribution in [0.15, 0.2) is 42.5 Å². The molecule has 7 heteroatoms. The number of hydrogen-bond donors (Lipinski definition) is 2. The highest BCUT2D eigenvalue weighted by Gasteiger charge is 2.49. The average molecular weight is 414 g/mol. The van der Waals surface area contributed by atoms with Crippen molar-refractivity contribution in [3.05, 3.63) is 64.2 Å². The molecule has 6 nitrogen and oxygen atoms in total. The molecule has 1 aliphatic heterocycles. The standard InChI is InChI=1S/C22H24ClN3O3/c1-4-6-15-9-11-16(12-10-15)22(3)20(28)26(21(29)25-22)13-19(27)24-18-8-5-7-17(23)14(18)2/h5,7-12H,4,6,13H2,1-3H3,(H,24,27)(H,25,29)/t22-/m1/s1. The molecule has 1 fully saturated rings. The fourth-order valence-corrected chi connectivity index (χ4v) is 3.58. The highest BCUT2D eigenvalue weighted by Crippen LogP contribution is 2.29. The molecule has 1 atom stereocenters. The van der Waals surface area contributed by atoms with Gasteiger partial charge in [-0.2, -0.15) is 0 Å². The number of nitrogens with zero attached hydrogens (tertiary/aromatic N) is 1. The lowest BCUT2D eigenvalue weighted by molar-refractivity contribution is -0.133. The average Bonchev–Trinajstić information content (AvgIpc) is 2.90. The van der Waals surface area contributed by atoms with Gasteiger partial charge in [0.1, 0.15) is 12.1 Å². The summed E-state index contributed by atoms with van der Waals surface area (Å²) < 4.78 is 0. The van der Waals surface area contributed by atoms with Crippen LogP contribution < -0.4 is 10.6 Å². The molecule has 0 aromatic heterocycles. The van der Waals surface area contributed by atoms with Crippen LogP contribution in [-0.4, -0.2) is 29.3 Å². The summed E-state index contributed by atoms with van der Waals surface area (Å²) >= 11 is 6.07. The maximum atomic E-state index is 13.0. The molecule has 2 aromatic carbocycles. The molecule has 4 amide bonds. The Bertz CT molecular complexity index is 958. The molecule has 1 heterocycles. The van der Waals surface area contributed by atoms with E-state index < -0.39 is 23.4 Å². The van der Waals surface area contributed by atoms with E-state index in [1.807, 2.05) is 24.3 Å². The van der Waals surface area contributed by atoms with E-state index in [0.29, 0.717) is 16.3 Å². The summed E-state index contributed by atoms with van der Waals surface area (Å²) in [5.74, 6) is -0.926. The summed E-state index contributed by atoms with van der Waals surface area (Å²) in [5.41, 5.74) is 1.92. The van der Waals surface area contributed by atoms with Crippen molar-refractivity contribution in [2.45, 2.75) is 39.2 Å². The second kappa shape index (κ2) is 8.25. The molecule has 2 N–H and O–H groups in total. The van der Waals surface area contributed by atoms with Crippen LogP contribution in [0.5, 0.6) is 0 Å². The number of nitrogens with one attached hydrogen (secondary N) is 2. The number of halogens is 1. The molecule has 2 aromatic rings. The third-order valence-corrected chi connectivity index (χ3v) is 5.60. The number of rotatable bonds is 6. The molecule has 0 spiro atoms. The topological polar surface area (TPSA) is 78.5 Å². The monoisotopic (exact) mass is 413 g/mol. The first kappa shape index (κ1) is 20.9. The lowest BCUT2D eigenvalue weighted by Crippen LogP contribution is -2.42. The van der Waals surface area contributed by atoms with Crippen LogP contribution in [0.1, 0.15) is 37.0 Å². The third-order valence-electron chi connectivity index (χ3n) is 5.19. The molecule has 0 bridgehead atoms. The van der Waals surface area contributed by atoms with Crippen molar-refractivity contribution in [1.82, 2.24) is 10.2 Å². The Kier molecular flexibility index (Phi) is 5.94. The first-order valence-corrected chi connectivity index (χ1v) is 9.92. The summed E-state index contributed by atoms with van der Waals surface area (Å²) in [6, 6.07) is 12.2. The molecule has 0 saturated carbocycles. The first-order chi connectivity index (χ1) is 13.8. The number of carbonyl (C=O) groups excluding carboxylic acids is 3. The Morgan fingerprint density at radius 2 is 1.86 bits per heavy atom. The van der Waals surface area contributed by atoms with Crippen LogP contribution in [-0.2, 0) is 21.5 Å². The molecule has 152 valence electrons. The third kappa shape index (κ3) is 4.12. The molecule has 0 radical (unpaired) electrons. The predicted molar refractivity (Wildman–Crippen MR) is 113 cm³/mol. The minimum Gasteiger partial charge on any atom is -0.324 e. The first-order valence-electron chi connectivity index (χ1n) is 9.54. The van der Waals surface area contributed by atoms with Crippen molar-refractivity contribution in [3.63, 3.8) is 0 Å². The fourth-order valence-electron chi connectivity index (χ4n) is 3.41. The van der Waals surface area contributed by atoms with Gasteiger partial charge in [-0.3, -0.25) is 14.5 Å². The second-order valence-electron chi connectivity index (χ2n) is 7.35. The Hall–Kier alpha value is -2.86. The quantitative estimate of drug-likeness (QED) is 0.702. The number of carbonyl (C=O) groups is 3. The SMILES string of the molecule is CCCc1ccc([C@@]2(C)NC(=O)N(CC(=O)Nc3cccc(Cl)c3C)C2=O)cc1. The summed E-state index contributed by atoms with van der Waals surface area (Å²) in [6.45, 7) is 5.16. The maximum absolute atomic E-state index is 13.0. The number of urea groups is 1. The smallest absolute Gasteiger partial charge is 0.324 e. The molecule has 1 aliphatic rings. The van der Waals surface area contributed by atoms with Crippen LogP contribution in [0.4, 0.5) is 10.5 Å². The zero-order chi connectivity index (χ0) is 21.2. The molecule has 1 saturated heterocycles. The van der Waals surface area contributed by atoms with E-state index in [-0.39, 0.29) is 6.54 Å². The summed E-state index contributed by atoms with van der Waals surface area (Å²) in [7, 11) is 0. The molecule has 0 unspecified atom stereocenters. The number of benzene rings is 2. The van der Waals surface area contributed by atoms with Crippen LogP contribution >= 0.6 is 11.6 Å². The van der Waals surface area contributed by atoms with Gasteiger partial charge in [-0.15, -0.1) is 0 Å². The van der Waals surface area contributed by atoms with E-state index in [4.69, 9.17) is 11.6 Å². The van der Waals surface area contributed by atoms with Gasteiger partial charge in [-0.1, -0.05) is 55.3 Å². The van der Waals surface area contributed by atoms with Gasteiger partial charge >= 0.3 is 6.03 Å². The Labute approximate surface area is 175 Å².